The minimum atomic E-state index is 0. The number of thioether (sulfide) groups is 1. The van der Waals surface area contributed by atoms with Crippen LogP contribution in [0.25, 0.3) is 11.0 Å². The zero-order valence-electron chi connectivity index (χ0n) is 15.4. The van der Waals surface area contributed by atoms with Crippen molar-refractivity contribution in [1.29, 1.82) is 0 Å². The van der Waals surface area contributed by atoms with Crippen LogP contribution in [0.1, 0.15) is 22.3 Å². The molecule has 2 heterocycles. The predicted octanol–water partition coefficient (Wildman–Crippen LogP) is 4.13. The first-order valence-corrected chi connectivity index (χ1v) is 9.95. The monoisotopic (exact) mass is 438 g/mol. The zero-order chi connectivity index (χ0) is 17.8. The number of aromatic nitrogens is 2. The highest BCUT2D eigenvalue weighted by molar-refractivity contribution is 7.98. The largest absolute Gasteiger partial charge is 0.337 e. The van der Waals surface area contributed by atoms with E-state index in [0.29, 0.717) is 5.75 Å². The first-order chi connectivity index (χ1) is 12.8. The van der Waals surface area contributed by atoms with E-state index in [1.807, 2.05) is 53.4 Å². The fraction of sp³-hybridized carbons (Fsp3) is 0.300. The molecule has 1 aromatic heterocycles. The van der Waals surface area contributed by atoms with Crippen LogP contribution in [0.2, 0.25) is 0 Å². The topological polar surface area (TPSA) is 61.0 Å². The van der Waals surface area contributed by atoms with Crippen LogP contribution < -0.4 is 5.32 Å². The number of fused-ring (bicyclic) bond motifs is 1. The molecule has 0 radical (unpaired) electrons. The first kappa shape index (κ1) is 22.6. The van der Waals surface area contributed by atoms with E-state index in [1.165, 1.54) is 0 Å². The number of benzene rings is 2. The van der Waals surface area contributed by atoms with Crippen molar-refractivity contribution in [2.45, 2.75) is 17.3 Å². The highest BCUT2D eigenvalue weighted by atomic mass is 35.5. The van der Waals surface area contributed by atoms with Crippen LogP contribution in [0.15, 0.2) is 53.7 Å². The number of aromatic amines is 1. The fourth-order valence-electron chi connectivity index (χ4n) is 3.22. The number of carbonyl (C=O) groups excluding carboxylic acids is 1. The number of halogens is 2. The summed E-state index contributed by atoms with van der Waals surface area (Å²) in [6.07, 6.45) is 1.00. The molecule has 0 spiro atoms. The van der Waals surface area contributed by atoms with E-state index < -0.39 is 0 Å². The standard InChI is InChI=1S/C20H22N4OS.2ClH/c25-19(24-12-5-10-21-11-13-24)16-7-2-1-6-15(16)14-26-20-22-17-8-3-4-9-18(17)23-20;;/h1-4,6-9,21H,5,10-14H2,(H,22,23);2*1H. The van der Waals surface area contributed by atoms with Crippen LogP contribution in [0, 0.1) is 0 Å². The van der Waals surface area contributed by atoms with Gasteiger partial charge in [0.15, 0.2) is 5.16 Å². The lowest BCUT2D eigenvalue weighted by Gasteiger charge is -2.21. The van der Waals surface area contributed by atoms with E-state index in [9.17, 15) is 4.79 Å². The quantitative estimate of drug-likeness (QED) is 0.600. The normalized spacial score (nSPS) is 14.1. The molecule has 2 N–H and O–H groups in total. The lowest BCUT2D eigenvalue weighted by molar-refractivity contribution is 0.0765. The molecule has 28 heavy (non-hydrogen) atoms. The van der Waals surface area contributed by atoms with Gasteiger partial charge in [0.1, 0.15) is 0 Å². The van der Waals surface area contributed by atoms with Crippen molar-refractivity contribution in [1.82, 2.24) is 20.2 Å². The van der Waals surface area contributed by atoms with Crippen molar-refractivity contribution in [3.8, 4) is 0 Å². The van der Waals surface area contributed by atoms with Gasteiger partial charge in [0.2, 0.25) is 0 Å². The Morgan fingerprint density at radius 2 is 1.82 bits per heavy atom. The maximum absolute atomic E-state index is 13.0. The van der Waals surface area contributed by atoms with Crippen LogP contribution in [0.3, 0.4) is 0 Å². The maximum atomic E-state index is 13.0. The number of hydrogen-bond donors (Lipinski definition) is 2. The molecule has 3 aromatic rings. The Morgan fingerprint density at radius 3 is 2.68 bits per heavy atom. The highest BCUT2D eigenvalue weighted by Gasteiger charge is 2.19. The Kier molecular flexibility index (Phi) is 8.63. The summed E-state index contributed by atoms with van der Waals surface area (Å²) in [7, 11) is 0. The second-order valence-electron chi connectivity index (χ2n) is 6.40. The molecule has 4 rings (SSSR count). The van der Waals surface area contributed by atoms with Gasteiger partial charge in [-0.2, -0.15) is 0 Å². The number of rotatable bonds is 4. The summed E-state index contributed by atoms with van der Waals surface area (Å²) >= 11 is 1.63. The third-order valence-corrected chi connectivity index (χ3v) is 5.53. The Labute approximate surface area is 181 Å². The number of carbonyl (C=O) groups is 1. The number of nitrogens with one attached hydrogen (secondary N) is 2. The Hall–Kier alpha value is -1.73. The average Bonchev–Trinajstić information content (AvgIpc) is 2.90. The van der Waals surface area contributed by atoms with Gasteiger partial charge in [0.25, 0.3) is 5.91 Å². The number of hydrogen-bond acceptors (Lipinski definition) is 4. The van der Waals surface area contributed by atoms with Crippen molar-refractivity contribution in [2.75, 3.05) is 26.2 Å². The summed E-state index contributed by atoms with van der Waals surface area (Å²) in [5.74, 6) is 0.850. The molecular weight excluding hydrogens is 415 g/mol. The van der Waals surface area contributed by atoms with Gasteiger partial charge in [-0.15, -0.1) is 24.8 Å². The third-order valence-electron chi connectivity index (χ3n) is 4.61. The van der Waals surface area contributed by atoms with Crippen LogP contribution >= 0.6 is 36.6 Å². The fourth-order valence-corrected chi connectivity index (χ4v) is 4.11. The van der Waals surface area contributed by atoms with Gasteiger partial charge in [-0.3, -0.25) is 4.79 Å². The molecule has 5 nitrogen and oxygen atoms in total. The Balaban J connectivity index is 0.00000140. The summed E-state index contributed by atoms with van der Waals surface area (Å²) in [6.45, 7) is 3.43. The molecule has 1 aliphatic rings. The smallest absolute Gasteiger partial charge is 0.254 e. The summed E-state index contributed by atoms with van der Waals surface area (Å²) < 4.78 is 0. The van der Waals surface area contributed by atoms with Crippen LogP contribution in [-0.4, -0.2) is 47.0 Å². The zero-order valence-corrected chi connectivity index (χ0v) is 17.8. The highest BCUT2D eigenvalue weighted by Crippen LogP contribution is 2.25. The van der Waals surface area contributed by atoms with Crippen molar-refractivity contribution >= 4 is 53.5 Å². The van der Waals surface area contributed by atoms with Gasteiger partial charge in [-0.1, -0.05) is 42.1 Å². The van der Waals surface area contributed by atoms with Gasteiger partial charge < -0.3 is 15.2 Å². The molecule has 2 aromatic carbocycles. The minimum Gasteiger partial charge on any atom is -0.337 e. The predicted molar refractivity (Wildman–Crippen MR) is 120 cm³/mol. The molecule has 0 unspecified atom stereocenters. The number of para-hydroxylation sites is 2. The van der Waals surface area contributed by atoms with E-state index >= 15 is 0 Å². The van der Waals surface area contributed by atoms with Gasteiger partial charge in [-0.25, -0.2) is 4.98 Å². The lowest BCUT2D eigenvalue weighted by Crippen LogP contribution is -2.34. The number of H-pyrrole nitrogens is 1. The summed E-state index contributed by atoms with van der Waals surface area (Å²) in [4.78, 5) is 22.9. The van der Waals surface area contributed by atoms with Gasteiger partial charge in [0.05, 0.1) is 11.0 Å². The van der Waals surface area contributed by atoms with Gasteiger partial charge in [0, 0.05) is 31.0 Å². The van der Waals surface area contributed by atoms with Crippen LogP contribution in [0.5, 0.6) is 0 Å². The number of amides is 1. The first-order valence-electron chi connectivity index (χ1n) is 8.97. The molecule has 0 atom stereocenters. The van der Waals surface area contributed by atoms with Crippen molar-refractivity contribution in [3.63, 3.8) is 0 Å². The van der Waals surface area contributed by atoms with E-state index in [4.69, 9.17) is 0 Å². The molecule has 0 bridgehead atoms. The van der Waals surface area contributed by atoms with E-state index in [1.54, 1.807) is 11.8 Å². The maximum Gasteiger partial charge on any atom is 0.254 e. The third kappa shape index (κ3) is 5.20. The van der Waals surface area contributed by atoms with Crippen molar-refractivity contribution in [3.05, 3.63) is 59.7 Å². The van der Waals surface area contributed by atoms with Crippen LogP contribution in [-0.2, 0) is 5.75 Å². The SMILES string of the molecule is Cl.Cl.O=C(c1ccccc1CSc1nc2ccccc2[nH]1)N1CCCNCC1. The Morgan fingerprint density at radius 1 is 1.04 bits per heavy atom. The van der Waals surface area contributed by atoms with E-state index in [0.717, 1.165) is 59.9 Å². The number of nitrogens with zero attached hydrogens (tertiary/aromatic N) is 2. The number of imidazole rings is 1. The lowest BCUT2D eigenvalue weighted by atomic mass is 10.1. The van der Waals surface area contributed by atoms with Crippen LogP contribution in [0.4, 0.5) is 0 Å². The molecule has 0 aliphatic carbocycles. The molecule has 0 saturated carbocycles. The van der Waals surface area contributed by atoms with Gasteiger partial charge >= 0.3 is 0 Å². The molecule has 1 fully saturated rings. The summed E-state index contributed by atoms with van der Waals surface area (Å²) in [5, 5.41) is 4.23. The second-order valence-corrected chi connectivity index (χ2v) is 7.36. The minimum absolute atomic E-state index is 0. The Bertz CT molecular complexity index is 877. The van der Waals surface area contributed by atoms with Crippen molar-refractivity contribution in [2.24, 2.45) is 0 Å². The molecule has 8 heteroatoms. The summed E-state index contributed by atoms with van der Waals surface area (Å²) in [5.41, 5.74) is 3.87. The van der Waals surface area contributed by atoms with E-state index in [2.05, 4.69) is 15.3 Å². The molecule has 150 valence electrons. The van der Waals surface area contributed by atoms with Gasteiger partial charge in [-0.05, 0) is 36.7 Å². The second kappa shape index (κ2) is 10.7. The van der Waals surface area contributed by atoms with Crippen molar-refractivity contribution < 1.29 is 4.79 Å². The molecule has 1 saturated heterocycles. The van der Waals surface area contributed by atoms with E-state index in [-0.39, 0.29) is 30.7 Å². The molecule has 1 aliphatic heterocycles. The average molecular weight is 439 g/mol. The molecular formula is C20H24Cl2N4OS. The summed E-state index contributed by atoms with van der Waals surface area (Å²) in [6, 6.07) is 15.9. The molecule has 1 amide bonds.